The lowest BCUT2D eigenvalue weighted by molar-refractivity contribution is -0.144. The van der Waals surface area contributed by atoms with Crippen molar-refractivity contribution in [2.75, 3.05) is 26.2 Å². The summed E-state index contributed by atoms with van der Waals surface area (Å²) in [7, 11) is 0. The highest BCUT2D eigenvalue weighted by atomic mass is 32.1. The first-order chi connectivity index (χ1) is 12.1. The molecule has 2 aliphatic heterocycles. The molecule has 0 radical (unpaired) electrons. The number of nitrogens with zero attached hydrogens (tertiary/aromatic N) is 3. The Bertz CT molecular complexity index is 773. The van der Waals surface area contributed by atoms with E-state index in [1.54, 1.807) is 17.5 Å². The fraction of sp³-hybridized carbons (Fsp3) is 0.737. The molecule has 0 bridgehead atoms. The third kappa shape index (κ3) is 2.22. The van der Waals surface area contributed by atoms with E-state index in [1.165, 1.54) is 25.7 Å². The van der Waals surface area contributed by atoms with E-state index in [0.717, 1.165) is 48.9 Å². The fourth-order valence-electron chi connectivity index (χ4n) is 4.98. The van der Waals surface area contributed by atoms with E-state index in [-0.39, 0.29) is 11.3 Å². The second-order valence-corrected chi connectivity index (χ2v) is 10.2. The Morgan fingerprint density at radius 2 is 1.88 bits per heavy atom. The van der Waals surface area contributed by atoms with E-state index >= 15 is 0 Å². The van der Waals surface area contributed by atoms with Crippen molar-refractivity contribution in [1.82, 2.24) is 14.8 Å². The van der Waals surface area contributed by atoms with Crippen molar-refractivity contribution in [2.45, 2.75) is 44.4 Å². The summed E-state index contributed by atoms with van der Waals surface area (Å²) >= 11 is 1.58. The molecule has 5 fully saturated rings. The van der Waals surface area contributed by atoms with Crippen molar-refractivity contribution in [3.05, 3.63) is 16.1 Å². The van der Waals surface area contributed by atoms with E-state index in [1.807, 2.05) is 4.90 Å². The molecule has 2 amide bonds. The van der Waals surface area contributed by atoms with Gasteiger partial charge in [-0.3, -0.25) is 9.59 Å². The smallest absolute Gasteiger partial charge is 0.265 e. The Kier molecular flexibility index (Phi) is 2.73. The first kappa shape index (κ1) is 14.7. The number of hydrogen-bond acceptors (Lipinski definition) is 4. The van der Waals surface area contributed by atoms with Crippen LogP contribution in [-0.2, 0) is 4.79 Å². The summed E-state index contributed by atoms with van der Waals surface area (Å²) in [5.41, 5.74) is 0.615. The van der Waals surface area contributed by atoms with Crippen LogP contribution in [0.2, 0.25) is 0 Å². The molecule has 3 aliphatic carbocycles. The lowest BCUT2D eigenvalue weighted by Crippen LogP contribution is -2.60. The monoisotopic (exact) mass is 357 g/mol. The van der Waals surface area contributed by atoms with Crippen LogP contribution in [0, 0.1) is 16.7 Å². The van der Waals surface area contributed by atoms with Crippen molar-refractivity contribution in [1.29, 1.82) is 0 Å². The van der Waals surface area contributed by atoms with Gasteiger partial charge in [0.25, 0.3) is 5.91 Å². The summed E-state index contributed by atoms with van der Waals surface area (Å²) in [4.78, 5) is 34.6. The Morgan fingerprint density at radius 1 is 1.12 bits per heavy atom. The van der Waals surface area contributed by atoms with Gasteiger partial charge < -0.3 is 9.80 Å². The molecular weight excluding hydrogens is 334 g/mol. The quantitative estimate of drug-likeness (QED) is 0.835. The van der Waals surface area contributed by atoms with Gasteiger partial charge in [-0.25, -0.2) is 4.98 Å². The minimum absolute atomic E-state index is 0.144. The van der Waals surface area contributed by atoms with Gasteiger partial charge in [-0.05, 0) is 43.9 Å². The van der Waals surface area contributed by atoms with Crippen molar-refractivity contribution < 1.29 is 9.59 Å². The molecule has 1 aromatic heterocycles. The fourth-order valence-corrected chi connectivity index (χ4v) is 6.03. The lowest BCUT2D eigenvalue weighted by atomic mass is 9.78. The molecule has 6 rings (SSSR count). The summed E-state index contributed by atoms with van der Waals surface area (Å²) in [5, 5.41) is 1.14. The van der Waals surface area contributed by atoms with E-state index in [0.29, 0.717) is 23.2 Å². The first-order valence-electron chi connectivity index (χ1n) is 9.61. The molecule has 0 N–H and O–H groups in total. The van der Waals surface area contributed by atoms with Gasteiger partial charge in [-0.2, -0.15) is 0 Å². The van der Waals surface area contributed by atoms with Gasteiger partial charge in [0.1, 0.15) is 4.88 Å². The second kappa shape index (κ2) is 4.64. The summed E-state index contributed by atoms with van der Waals surface area (Å²) in [6.07, 6.45) is 8.91. The number of carbonyl (C=O) groups is 2. The second-order valence-electron chi connectivity index (χ2n) is 9.13. The highest BCUT2D eigenvalue weighted by Crippen LogP contribution is 2.71. The Balaban J connectivity index is 1.08. The number of carbonyl (C=O) groups excluding carboxylic acids is 2. The molecule has 6 heteroatoms. The number of rotatable bonds is 3. The first-order valence-corrected chi connectivity index (χ1v) is 10.4. The van der Waals surface area contributed by atoms with E-state index in [2.05, 4.69) is 9.88 Å². The molecular formula is C19H23N3O2S. The molecule has 2 spiro atoms. The highest BCUT2D eigenvalue weighted by molar-refractivity contribution is 7.13. The van der Waals surface area contributed by atoms with Crippen molar-refractivity contribution >= 4 is 23.2 Å². The van der Waals surface area contributed by atoms with Crippen LogP contribution in [0.15, 0.2) is 6.20 Å². The van der Waals surface area contributed by atoms with E-state index in [4.69, 9.17) is 0 Å². The van der Waals surface area contributed by atoms with Gasteiger partial charge >= 0.3 is 0 Å². The van der Waals surface area contributed by atoms with Gasteiger partial charge in [-0.15, -0.1) is 11.3 Å². The minimum Gasteiger partial charge on any atom is -0.341 e. The Hall–Kier alpha value is -1.43. The SMILES string of the molecule is O=C(c1cnc(C2CC2)s1)N1CCC2(C1)CN(C(=O)C1CC13CC3)C2. The van der Waals surface area contributed by atoms with Crippen LogP contribution in [0.3, 0.4) is 0 Å². The molecule has 132 valence electrons. The third-order valence-electron chi connectivity index (χ3n) is 7.13. The molecule has 3 heterocycles. The van der Waals surface area contributed by atoms with Gasteiger partial charge in [0.05, 0.1) is 11.2 Å². The number of thiazole rings is 1. The maximum absolute atomic E-state index is 12.8. The topological polar surface area (TPSA) is 53.5 Å². The molecule has 2 saturated heterocycles. The maximum Gasteiger partial charge on any atom is 0.265 e. The van der Waals surface area contributed by atoms with Crippen molar-refractivity contribution in [3.8, 4) is 0 Å². The number of amides is 2. The predicted octanol–water partition coefficient (Wildman–Crippen LogP) is 2.50. The van der Waals surface area contributed by atoms with Crippen LogP contribution in [0.5, 0.6) is 0 Å². The van der Waals surface area contributed by atoms with Crippen molar-refractivity contribution in [3.63, 3.8) is 0 Å². The standard InChI is InChI=1S/C19H23N3O2S/c23-16(13-7-19(13)3-4-19)22-10-18(11-22)5-6-21(9-18)17(24)14-8-20-15(25-14)12-1-2-12/h8,12-13H,1-7,9-11H2. The minimum atomic E-state index is 0.144. The molecule has 5 nitrogen and oxygen atoms in total. The number of hydrogen-bond donors (Lipinski definition) is 0. The largest absolute Gasteiger partial charge is 0.341 e. The zero-order chi connectivity index (χ0) is 16.8. The molecule has 5 aliphatic rings. The Labute approximate surface area is 151 Å². The van der Waals surface area contributed by atoms with Gasteiger partial charge in [0.2, 0.25) is 5.91 Å². The van der Waals surface area contributed by atoms with Crippen LogP contribution in [0.1, 0.15) is 59.1 Å². The van der Waals surface area contributed by atoms with E-state index in [9.17, 15) is 9.59 Å². The normalized spacial score (nSPS) is 30.6. The zero-order valence-corrected chi connectivity index (χ0v) is 15.2. The van der Waals surface area contributed by atoms with Gasteiger partial charge in [0, 0.05) is 43.4 Å². The van der Waals surface area contributed by atoms with Crippen LogP contribution in [0.25, 0.3) is 0 Å². The molecule has 3 saturated carbocycles. The Morgan fingerprint density at radius 3 is 2.56 bits per heavy atom. The van der Waals surface area contributed by atoms with Crippen LogP contribution >= 0.6 is 11.3 Å². The number of aromatic nitrogens is 1. The zero-order valence-electron chi connectivity index (χ0n) is 14.4. The van der Waals surface area contributed by atoms with Gasteiger partial charge in [-0.1, -0.05) is 0 Å². The molecule has 1 atom stereocenters. The average molecular weight is 357 g/mol. The van der Waals surface area contributed by atoms with E-state index < -0.39 is 0 Å². The van der Waals surface area contributed by atoms with Crippen molar-refractivity contribution in [2.24, 2.45) is 16.7 Å². The summed E-state index contributed by atoms with van der Waals surface area (Å²) in [6, 6.07) is 0. The summed E-state index contributed by atoms with van der Waals surface area (Å²) in [6.45, 7) is 3.35. The summed E-state index contributed by atoms with van der Waals surface area (Å²) in [5.74, 6) is 1.48. The van der Waals surface area contributed by atoms with Crippen LogP contribution < -0.4 is 0 Å². The molecule has 1 aromatic rings. The van der Waals surface area contributed by atoms with Gasteiger partial charge in [0.15, 0.2) is 0 Å². The van der Waals surface area contributed by atoms with Crippen LogP contribution in [-0.4, -0.2) is 52.8 Å². The maximum atomic E-state index is 12.8. The average Bonchev–Trinajstić information content (AvgIpc) is 3.56. The number of likely N-dealkylation sites (tertiary alicyclic amines) is 2. The molecule has 0 aromatic carbocycles. The predicted molar refractivity (Wildman–Crippen MR) is 93.4 cm³/mol. The lowest BCUT2D eigenvalue weighted by Gasteiger charge is -2.48. The summed E-state index contributed by atoms with van der Waals surface area (Å²) < 4.78 is 0. The molecule has 1 unspecified atom stereocenters. The highest BCUT2D eigenvalue weighted by Gasteiger charge is 2.67. The molecule has 25 heavy (non-hydrogen) atoms. The van der Waals surface area contributed by atoms with Crippen LogP contribution in [0.4, 0.5) is 0 Å². The third-order valence-corrected chi connectivity index (χ3v) is 8.28.